The van der Waals surface area contributed by atoms with Gasteiger partial charge in [-0.15, -0.1) is 10.2 Å². The number of nitrogens with two attached hydrogens (primary N) is 1. The second-order valence-corrected chi connectivity index (χ2v) is 4.80. The van der Waals surface area contributed by atoms with E-state index in [-0.39, 0.29) is 18.2 Å². The first-order valence-corrected chi connectivity index (χ1v) is 6.67. The molecule has 7 heteroatoms. The van der Waals surface area contributed by atoms with Crippen molar-refractivity contribution in [1.82, 2.24) is 10.2 Å². The summed E-state index contributed by atoms with van der Waals surface area (Å²) >= 11 is 1.18. The Bertz CT molecular complexity index is 553. The standard InChI is InChI=1S/C12H14N4O2S/c1-8-2-4-9(5-3-8)14-10(17)7-19-12-16-15-11(6-13)18-12/h2-5H,6-7,13H2,1H3,(H,14,17). The summed E-state index contributed by atoms with van der Waals surface area (Å²) in [5.74, 6) is 0.447. The molecule has 100 valence electrons. The zero-order chi connectivity index (χ0) is 13.7. The molecule has 0 spiro atoms. The summed E-state index contributed by atoms with van der Waals surface area (Å²) in [6, 6.07) is 7.59. The van der Waals surface area contributed by atoms with E-state index in [2.05, 4.69) is 15.5 Å². The van der Waals surface area contributed by atoms with Crippen molar-refractivity contribution >= 4 is 23.4 Å². The highest BCUT2D eigenvalue weighted by molar-refractivity contribution is 7.99. The van der Waals surface area contributed by atoms with Gasteiger partial charge in [-0.1, -0.05) is 29.5 Å². The summed E-state index contributed by atoms with van der Waals surface area (Å²) in [7, 11) is 0. The number of thioether (sulfide) groups is 1. The topological polar surface area (TPSA) is 94.0 Å². The molecular formula is C12H14N4O2S. The highest BCUT2D eigenvalue weighted by atomic mass is 32.2. The van der Waals surface area contributed by atoms with Crippen LogP contribution >= 0.6 is 11.8 Å². The average molecular weight is 278 g/mol. The Morgan fingerprint density at radius 2 is 2.11 bits per heavy atom. The molecule has 0 aliphatic carbocycles. The fourth-order valence-corrected chi connectivity index (χ4v) is 1.92. The molecule has 0 aliphatic rings. The van der Waals surface area contributed by atoms with Crippen molar-refractivity contribution in [2.75, 3.05) is 11.1 Å². The average Bonchev–Trinajstić information content (AvgIpc) is 2.87. The van der Waals surface area contributed by atoms with Gasteiger partial charge < -0.3 is 15.5 Å². The first-order valence-electron chi connectivity index (χ1n) is 5.69. The lowest BCUT2D eigenvalue weighted by molar-refractivity contribution is -0.113. The first-order chi connectivity index (χ1) is 9.17. The molecule has 1 aromatic carbocycles. The largest absolute Gasteiger partial charge is 0.415 e. The second kappa shape index (κ2) is 6.35. The number of carbonyl (C=O) groups is 1. The maximum Gasteiger partial charge on any atom is 0.277 e. The van der Waals surface area contributed by atoms with Gasteiger partial charge in [0.25, 0.3) is 5.22 Å². The molecule has 0 saturated carbocycles. The molecule has 1 amide bonds. The fourth-order valence-electron chi connectivity index (χ4n) is 1.34. The number of nitrogens with one attached hydrogen (secondary N) is 1. The van der Waals surface area contributed by atoms with Gasteiger partial charge in [-0.2, -0.15) is 0 Å². The van der Waals surface area contributed by atoms with E-state index in [1.54, 1.807) is 0 Å². The summed E-state index contributed by atoms with van der Waals surface area (Å²) < 4.78 is 5.18. The Hall–Kier alpha value is -1.86. The van der Waals surface area contributed by atoms with E-state index < -0.39 is 0 Å². The lowest BCUT2D eigenvalue weighted by atomic mass is 10.2. The molecule has 0 atom stereocenters. The number of amides is 1. The molecule has 0 aliphatic heterocycles. The predicted octanol–water partition coefficient (Wildman–Crippen LogP) is 1.57. The smallest absolute Gasteiger partial charge is 0.277 e. The minimum absolute atomic E-state index is 0.124. The molecule has 1 heterocycles. The summed E-state index contributed by atoms with van der Waals surface area (Å²) in [5.41, 5.74) is 7.26. The van der Waals surface area contributed by atoms with Crippen LogP contribution in [0, 0.1) is 6.92 Å². The molecule has 1 aromatic heterocycles. The van der Waals surface area contributed by atoms with Gasteiger partial charge in [0.2, 0.25) is 11.8 Å². The zero-order valence-corrected chi connectivity index (χ0v) is 11.2. The van der Waals surface area contributed by atoms with Crippen molar-refractivity contribution in [3.8, 4) is 0 Å². The normalized spacial score (nSPS) is 10.4. The van der Waals surface area contributed by atoms with E-state index in [1.165, 1.54) is 11.8 Å². The van der Waals surface area contributed by atoms with Crippen LogP contribution in [0.3, 0.4) is 0 Å². The summed E-state index contributed by atoms with van der Waals surface area (Å²) in [6.45, 7) is 2.19. The molecule has 0 unspecified atom stereocenters. The monoisotopic (exact) mass is 278 g/mol. The number of rotatable bonds is 5. The van der Waals surface area contributed by atoms with Crippen LogP contribution in [0.4, 0.5) is 5.69 Å². The van der Waals surface area contributed by atoms with E-state index in [9.17, 15) is 4.79 Å². The Morgan fingerprint density at radius 1 is 1.37 bits per heavy atom. The van der Waals surface area contributed by atoms with Crippen molar-refractivity contribution < 1.29 is 9.21 Å². The van der Waals surface area contributed by atoms with Crippen LogP contribution in [0.25, 0.3) is 0 Å². The second-order valence-electron chi connectivity index (χ2n) is 3.87. The van der Waals surface area contributed by atoms with Crippen molar-refractivity contribution in [1.29, 1.82) is 0 Å². The quantitative estimate of drug-likeness (QED) is 0.806. The van der Waals surface area contributed by atoms with Gasteiger partial charge in [0.1, 0.15) is 0 Å². The number of hydrogen-bond acceptors (Lipinski definition) is 6. The van der Waals surface area contributed by atoms with Crippen molar-refractivity contribution in [3.63, 3.8) is 0 Å². The van der Waals surface area contributed by atoms with Crippen LogP contribution in [-0.2, 0) is 11.3 Å². The number of hydrogen-bond donors (Lipinski definition) is 2. The molecule has 0 fully saturated rings. The summed E-state index contributed by atoms with van der Waals surface area (Å²) in [6.07, 6.45) is 0. The number of benzene rings is 1. The van der Waals surface area contributed by atoms with Crippen LogP contribution in [0.5, 0.6) is 0 Å². The Balaban J connectivity index is 1.82. The maximum atomic E-state index is 11.7. The Morgan fingerprint density at radius 3 is 2.74 bits per heavy atom. The highest BCUT2D eigenvalue weighted by Crippen LogP contribution is 2.16. The Kier molecular flexibility index (Phi) is 4.53. The van der Waals surface area contributed by atoms with Crippen molar-refractivity contribution in [2.24, 2.45) is 5.73 Å². The van der Waals surface area contributed by atoms with Crippen LogP contribution in [0.1, 0.15) is 11.5 Å². The van der Waals surface area contributed by atoms with E-state index in [4.69, 9.17) is 10.2 Å². The maximum absolute atomic E-state index is 11.7. The SMILES string of the molecule is Cc1ccc(NC(=O)CSc2nnc(CN)o2)cc1. The number of anilines is 1. The van der Waals surface area contributed by atoms with Gasteiger partial charge in [0, 0.05) is 5.69 Å². The third kappa shape index (κ3) is 4.08. The van der Waals surface area contributed by atoms with E-state index in [0.717, 1.165) is 11.3 Å². The summed E-state index contributed by atoms with van der Waals surface area (Å²) in [5, 5.41) is 10.6. The number of aryl methyl sites for hydroxylation is 1. The fraction of sp³-hybridized carbons (Fsp3) is 0.250. The molecule has 19 heavy (non-hydrogen) atoms. The molecule has 2 aromatic rings. The third-order valence-corrected chi connectivity index (χ3v) is 3.10. The number of aromatic nitrogens is 2. The van der Waals surface area contributed by atoms with Crippen molar-refractivity contribution in [2.45, 2.75) is 18.7 Å². The molecule has 6 nitrogen and oxygen atoms in total. The highest BCUT2D eigenvalue weighted by Gasteiger charge is 2.08. The molecule has 0 bridgehead atoms. The number of nitrogens with zero attached hydrogens (tertiary/aromatic N) is 2. The van der Waals surface area contributed by atoms with Gasteiger partial charge in [0.15, 0.2) is 0 Å². The molecule has 3 N–H and O–H groups in total. The van der Waals surface area contributed by atoms with Crippen LogP contribution < -0.4 is 11.1 Å². The van der Waals surface area contributed by atoms with Gasteiger partial charge in [0.05, 0.1) is 12.3 Å². The summed E-state index contributed by atoms with van der Waals surface area (Å²) in [4.78, 5) is 11.7. The van der Waals surface area contributed by atoms with E-state index in [1.807, 2.05) is 31.2 Å². The van der Waals surface area contributed by atoms with Gasteiger partial charge in [-0.05, 0) is 19.1 Å². The van der Waals surface area contributed by atoms with Crippen LogP contribution in [0.2, 0.25) is 0 Å². The van der Waals surface area contributed by atoms with E-state index >= 15 is 0 Å². The minimum Gasteiger partial charge on any atom is -0.415 e. The minimum atomic E-state index is -0.124. The van der Waals surface area contributed by atoms with Crippen molar-refractivity contribution in [3.05, 3.63) is 35.7 Å². The van der Waals surface area contributed by atoms with E-state index in [0.29, 0.717) is 11.1 Å². The van der Waals surface area contributed by atoms with Gasteiger partial charge >= 0.3 is 0 Å². The molecular weight excluding hydrogens is 264 g/mol. The molecule has 0 saturated heterocycles. The molecule has 2 rings (SSSR count). The van der Waals surface area contributed by atoms with Gasteiger partial charge in [-0.25, -0.2) is 0 Å². The third-order valence-electron chi connectivity index (χ3n) is 2.28. The lowest BCUT2D eigenvalue weighted by Crippen LogP contribution is -2.13. The predicted molar refractivity (Wildman–Crippen MR) is 72.7 cm³/mol. The lowest BCUT2D eigenvalue weighted by Gasteiger charge is -2.03. The zero-order valence-electron chi connectivity index (χ0n) is 10.4. The van der Waals surface area contributed by atoms with Crippen LogP contribution in [-0.4, -0.2) is 21.9 Å². The van der Waals surface area contributed by atoms with Gasteiger partial charge in [-0.3, -0.25) is 4.79 Å². The van der Waals surface area contributed by atoms with Crippen LogP contribution in [0.15, 0.2) is 33.9 Å². The Labute approximate surface area is 114 Å². The molecule has 0 radical (unpaired) electrons. The first kappa shape index (κ1) is 13.6. The number of carbonyl (C=O) groups excluding carboxylic acids is 1.